The van der Waals surface area contributed by atoms with Crippen molar-refractivity contribution in [1.29, 1.82) is 0 Å². The fourth-order valence-electron chi connectivity index (χ4n) is 2.38. The summed E-state index contributed by atoms with van der Waals surface area (Å²) in [5.41, 5.74) is 5.84. The third kappa shape index (κ3) is 6.35. The van der Waals surface area contributed by atoms with Gasteiger partial charge in [0, 0.05) is 12.8 Å². The SMILES string of the molecule is CS(=O)(=O)CCNC(=O)C(N)CC1CCCCC1. The van der Waals surface area contributed by atoms with Gasteiger partial charge in [-0.3, -0.25) is 4.79 Å². The number of hydrogen-bond donors (Lipinski definition) is 2. The molecule has 0 aliphatic heterocycles. The summed E-state index contributed by atoms with van der Waals surface area (Å²) in [6.45, 7) is 0.149. The highest BCUT2D eigenvalue weighted by atomic mass is 32.2. The normalized spacial score (nSPS) is 19.4. The lowest BCUT2D eigenvalue weighted by Gasteiger charge is -2.24. The number of amides is 1. The van der Waals surface area contributed by atoms with Gasteiger partial charge in [0.2, 0.25) is 5.91 Å². The minimum atomic E-state index is -3.03. The van der Waals surface area contributed by atoms with Crippen molar-refractivity contribution in [2.45, 2.75) is 44.6 Å². The summed E-state index contributed by atoms with van der Waals surface area (Å²) in [5.74, 6) is 0.285. The molecule has 1 fully saturated rings. The predicted molar refractivity (Wildman–Crippen MR) is 71.9 cm³/mol. The Labute approximate surface area is 109 Å². The Morgan fingerprint density at radius 2 is 1.94 bits per heavy atom. The van der Waals surface area contributed by atoms with E-state index in [1.165, 1.54) is 19.3 Å². The van der Waals surface area contributed by atoms with Crippen molar-refractivity contribution in [3.63, 3.8) is 0 Å². The summed E-state index contributed by atoms with van der Waals surface area (Å²) in [7, 11) is -3.03. The van der Waals surface area contributed by atoms with Crippen molar-refractivity contribution in [2.24, 2.45) is 11.7 Å². The van der Waals surface area contributed by atoms with Crippen molar-refractivity contribution in [1.82, 2.24) is 5.32 Å². The number of hydrogen-bond acceptors (Lipinski definition) is 4. The Morgan fingerprint density at radius 1 is 1.33 bits per heavy atom. The number of carbonyl (C=O) groups excluding carboxylic acids is 1. The molecule has 5 nitrogen and oxygen atoms in total. The van der Waals surface area contributed by atoms with E-state index in [-0.39, 0.29) is 18.2 Å². The van der Waals surface area contributed by atoms with Gasteiger partial charge >= 0.3 is 0 Å². The lowest BCUT2D eigenvalue weighted by Crippen LogP contribution is -2.43. The highest BCUT2D eigenvalue weighted by Crippen LogP contribution is 2.26. The molecule has 0 aromatic rings. The molecule has 0 spiro atoms. The molecule has 0 heterocycles. The predicted octanol–water partition coefficient (Wildman–Crippen LogP) is 0.445. The first-order valence-electron chi connectivity index (χ1n) is 6.59. The molecular weight excluding hydrogens is 252 g/mol. The fourth-order valence-corrected chi connectivity index (χ4v) is 2.85. The first-order chi connectivity index (χ1) is 8.38. The average molecular weight is 276 g/mol. The van der Waals surface area contributed by atoms with Crippen LogP contribution in [0, 0.1) is 5.92 Å². The molecule has 1 aliphatic rings. The number of nitrogens with two attached hydrogens (primary N) is 1. The maximum absolute atomic E-state index is 11.7. The number of carbonyl (C=O) groups is 1. The van der Waals surface area contributed by atoms with E-state index in [1.807, 2.05) is 0 Å². The van der Waals surface area contributed by atoms with Crippen LogP contribution < -0.4 is 11.1 Å². The summed E-state index contributed by atoms with van der Waals surface area (Å²) in [4.78, 5) is 11.7. The van der Waals surface area contributed by atoms with Gasteiger partial charge in [0.05, 0.1) is 11.8 Å². The molecule has 0 aromatic heterocycles. The monoisotopic (exact) mass is 276 g/mol. The molecule has 18 heavy (non-hydrogen) atoms. The Bertz CT molecular complexity index is 362. The van der Waals surface area contributed by atoms with Gasteiger partial charge in [0.1, 0.15) is 9.84 Å². The first kappa shape index (κ1) is 15.4. The molecular formula is C12H24N2O3S. The number of sulfone groups is 1. The summed E-state index contributed by atoms with van der Waals surface area (Å²) >= 11 is 0. The molecule has 1 atom stereocenters. The standard InChI is InChI=1S/C12H24N2O3S/c1-18(16,17)8-7-14-12(15)11(13)9-10-5-3-2-4-6-10/h10-11H,2-9,13H2,1H3,(H,14,15). The van der Waals surface area contributed by atoms with Gasteiger partial charge in [0.15, 0.2) is 0 Å². The van der Waals surface area contributed by atoms with Crippen LogP contribution in [0.2, 0.25) is 0 Å². The second-order valence-electron chi connectivity index (χ2n) is 5.27. The Morgan fingerprint density at radius 3 is 2.50 bits per heavy atom. The van der Waals surface area contributed by atoms with Crippen molar-refractivity contribution >= 4 is 15.7 Å². The third-order valence-electron chi connectivity index (χ3n) is 3.42. The molecule has 1 aliphatic carbocycles. The summed E-state index contributed by atoms with van der Waals surface area (Å²) in [6.07, 6.45) is 7.92. The van der Waals surface area contributed by atoms with Crippen LogP contribution >= 0.6 is 0 Å². The van der Waals surface area contributed by atoms with Gasteiger partial charge in [-0.05, 0) is 12.3 Å². The summed E-state index contributed by atoms with van der Waals surface area (Å²) in [6, 6.07) is -0.507. The quantitative estimate of drug-likeness (QED) is 0.737. The van der Waals surface area contributed by atoms with Crippen LogP contribution in [0.1, 0.15) is 38.5 Å². The number of nitrogens with one attached hydrogen (secondary N) is 1. The number of rotatable bonds is 6. The lowest BCUT2D eigenvalue weighted by molar-refractivity contribution is -0.122. The Hall–Kier alpha value is -0.620. The zero-order valence-electron chi connectivity index (χ0n) is 11.0. The smallest absolute Gasteiger partial charge is 0.236 e. The van der Waals surface area contributed by atoms with Gasteiger partial charge in [0.25, 0.3) is 0 Å². The summed E-state index contributed by atoms with van der Waals surface area (Å²) < 4.78 is 21.8. The largest absolute Gasteiger partial charge is 0.354 e. The van der Waals surface area contributed by atoms with E-state index in [4.69, 9.17) is 5.73 Å². The topological polar surface area (TPSA) is 89.3 Å². The van der Waals surface area contributed by atoms with Gasteiger partial charge in [-0.15, -0.1) is 0 Å². The molecule has 1 amide bonds. The highest BCUT2D eigenvalue weighted by molar-refractivity contribution is 7.90. The van der Waals surface area contributed by atoms with Gasteiger partial charge in [-0.1, -0.05) is 32.1 Å². The van der Waals surface area contributed by atoms with E-state index in [2.05, 4.69) is 5.32 Å². The Balaban J connectivity index is 2.23. The Kier molecular flexibility index (Phi) is 6.08. The van der Waals surface area contributed by atoms with Crippen LogP contribution in [0.25, 0.3) is 0 Å². The molecule has 0 radical (unpaired) electrons. The van der Waals surface area contributed by atoms with E-state index < -0.39 is 15.9 Å². The van der Waals surface area contributed by atoms with Gasteiger partial charge in [-0.25, -0.2) is 8.42 Å². The molecule has 0 aromatic carbocycles. The lowest BCUT2D eigenvalue weighted by atomic mass is 9.85. The van der Waals surface area contributed by atoms with Crippen LogP contribution in [0.5, 0.6) is 0 Å². The van der Waals surface area contributed by atoms with E-state index in [1.54, 1.807) is 0 Å². The average Bonchev–Trinajstić information content (AvgIpc) is 2.28. The first-order valence-corrected chi connectivity index (χ1v) is 8.65. The minimum absolute atomic E-state index is 0.0328. The summed E-state index contributed by atoms with van der Waals surface area (Å²) in [5, 5.41) is 2.59. The molecule has 1 saturated carbocycles. The van der Waals surface area contributed by atoms with E-state index in [0.29, 0.717) is 12.3 Å². The van der Waals surface area contributed by atoms with Crippen LogP contribution in [-0.4, -0.2) is 38.9 Å². The molecule has 106 valence electrons. The molecule has 0 bridgehead atoms. The van der Waals surface area contributed by atoms with E-state index in [0.717, 1.165) is 19.1 Å². The molecule has 1 rings (SSSR count). The van der Waals surface area contributed by atoms with Crippen molar-refractivity contribution in [2.75, 3.05) is 18.6 Å². The maximum atomic E-state index is 11.7. The van der Waals surface area contributed by atoms with Crippen LogP contribution in [-0.2, 0) is 14.6 Å². The van der Waals surface area contributed by atoms with Crippen molar-refractivity contribution in [3.05, 3.63) is 0 Å². The molecule has 1 unspecified atom stereocenters. The third-order valence-corrected chi connectivity index (χ3v) is 4.37. The van der Waals surface area contributed by atoms with Crippen molar-refractivity contribution in [3.8, 4) is 0 Å². The van der Waals surface area contributed by atoms with Crippen LogP contribution in [0.15, 0.2) is 0 Å². The van der Waals surface area contributed by atoms with E-state index >= 15 is 0 Å². The zero-order chi connectivity index (χ0) is 13.6. The second-order valence-corrected chi connectivity index (χ2v) is 7.53. The molecule has 3 N–H and O–H groups in total. The highest BCUT2D eigenvalue weighted by Gasteiger charge is 2.21. The van der Waals surface area contributed by atoms with E-state index in [9.17, 15) is 13.2 Å². The molecule has 6 heteroatoms. The van der Waals surface area contributed by atoms with Crippen LogP contribution in [0.3, 0.4) is 0 Å². The zero-order valence-corrected chi connectivity index (χ0v) is 11.8. The minimum Gasteiger partial charge on any atom is -0.354 e. The maximum Gasteiger partial charge on any atom is 0.236 e. The van der Waals surface area contributed by atoms with Gasteiger partial charge in [-0.2, -0.15) is 0 Å². The van der Waals surface area contributed by atoms with Gasteiger partial charge < -0.3 is 11.1 Å². The van der Waals surface area contributed by atoms with Crippen LogP contribution in [0.4, 0.5) is 0 Å². The fraction of sp³-hybridized carbons (Fsp3) is 0.917. The second kappa shape index (κ2) is 7.09. The molecule has 0 saturated heterocycles. The van der Waals surface area contributed by atoms with Crippen molar-refractivity contribution < 1.29 is 13.2 Å².